The molecule has 0 aliphatic rings. The van der Waals surface area contributed by atoms with Crippen molar-refractivity contribution in [3.8, 4) is 17.2 Å². The molecule has 0 unspecified atom stereocenters. The number of rotatable bonds is 10. The Balaban J connectivity index is 1.89. The first-order valence-electron chi connectivity index (χ1n) is 9.56. The third kappa shape index (κ3) is 6.37. The summed E-state index contributed by atoms with van der Waals surface area (Å²) in [5.41, 5.74) is 2.34. The lowest BCUT2D eigenvalue weighted by Gasteiger charge is -2.13. The third-order valence-electron chi connectivity index (χ3n) is 4.34. The summed E-state index contributed by atoms with van der Waals surface area (Å²) in [6.45, 7) is 4.34. The van der Waals surface area contributed by atoms with Crippen LogP contribution < -0.4 is 24.8 Å². The highest BCUT2D eigenvalue weighted by Gasteiger charge is 2.05. The number of para-hydroxylation sites is 1. The molecule has 0 aliphatic carbocycles. The van der Waals surface area contributed by atoms with Crippen molar-refractivity contribution < 1.29 is 14.2 Å². The van der Waals surface area contributed by atoms with Gasteiger partial charge in [-0.05, 0) is 49.1 Å². The van der Waals surface area contributed by atoms with Crippen LogP contribution in [0.1, 0.15) is 18.1 Å². The zero-order valence-electron chi connectivity index (χ0n) is 17.2. The molecule has 2 N–H and O–H groups in total. The van der Waals surface area contributed by atoms with Crippen molar-refractivity contribution in [3.63, 3.8) is 0 Å². The summed E-state index contributed by atoms with van der Waals surface area (Å²) in [6, 6.07) is 14.0. The summed E-state index contributed by atoms with van der Waals surface area (Å²) in [5, 5.41) is 6.67. The molecule has 0 aromatic heterocycles. The number of benzene rings is 2. The van der Waals surface area contributed by atoms with Gasteiger partial charge in [-0.3, -0.25) is 4.99 Å². The zero-order valence-corrected chi connectivity index (χ0v) is 17.2. The van der Waals surface area contributed by atoms with Gasteiger partial charge in [-0.15, -0.1) is 0 Å². The molecule has 2 aromatic carbocycles. The van der Waals surface area contributed by atoms with E-state index < -0.39 is 0 Å². The number of methoxy groups -OCH3 is 3. The molecule has 0 atom stereocenters. The van der Waals surface area contributed by atoms with Crippen molar-refractivity contribution >= 4 is 5.96 Å². The molecule has 28 heavy (non-hydrogen) atoms. The van der Waals surface area contributed by atoms with E-state index in [2.05, 4.69) is 34.7 Å². The van der Waals surface area contributed by atoms with Crippen LogP contribution in [-0.2, 0) is 12.8 Å². The fourth-order valence-electron chi connectivity index (χ4n) is 2.90. The van der Waals surface area contributed by atoms with Gasteiger partial charge in [0.25, 0.3) is 0 Å². The second-order valence-electron chi connectivity index (χ2n) is 6.19. The lowest BCUT2D eigenvalue weighted by atomic mass is 10.1. The fourth-order valence-corrected chi connectivity index (χ4v) is 2.90. The van der Waals surface area contributed by atoms with Crippen LogP contribution in [-0.4, -0.2) is 46.9 Å². The van der Waals surface area contributed by atoms with Gasteiger partial charge in [0.2, 0.25) is 0 Å². The molecule has 0 heterocycles. The SMILES string of the molecule is CCNC(=NCCc1ccccc1OC)NCCc1ccc(OC)c(OC)c1. The molecule has 2 aromatic rings. The predicted octanol–water partition coefficient (Wildman–Crippen LogP) is 3.05. The average Bonchev–Trinajstić information content (AvgIpc) is 2.73. The van der Waals surface area contributed by atoms with Gasteiger partial charge >= 0.3 is 0 Å². The summed E-state index contributed by atoms with van der Waals surface area (Å²) in [5.74, 6) is 3.21. The summed E-state index contributed by atoms with van der Waals surface area (Å²) < 4.78 is 16.1. The van der Waals surface area contributed by atoms with E-state index >= 15 is 0 Å². The number of ether oxygens (including phenoxy) is 3. The quantitative estimate of drug-likeness (QED) is 0.486. The molecule has 6 heteroatoms. The Labute approximate surface area is 167 Å². The van der Waals surface area contributed by atoms with E-state index in [0.717, 1.165) is 54.7 Å². The molecular weight excluding hydrogens is 354 g/mol. The van der Waals surface area contributed by atoms with Crippen LogP contribution in [0, 0.1) is 0 Å². The Bertz CT molecular complexity index is 762. The van der Waals surface area contributed by atoms with Crippen molar-refractivity contribution in [2.24, 2.45) is 4.99 Å². The van der Waals surface area contributed by atoms with Crippen molar-refractivity contribution in [1.82, 2.24) is 10.6 Å². The lowest BCUT2D eigenvalue weighted by Crippen LogP contribution is -2.38. The van der Waals surface area contributed by atoms with E-state index in [-0.39, 0.29) is 0 Å². The molecule has 0 saturated heterocycles. The molecule has 152 valence electrons. The van der Waals surface area contributed by atoms with Gasteiger partial charge in [-0.1, -0.05) is 24.3 Å². The second kappa shape index (κ2) is 11.7. The number of nitrogens with zero attached hydrogens (tertiary/aromatic N) is 1. The van der Waals surface area contributed by atoms with E-state index in [0.29, 0.717) is 6.54 Å². The lowest BCUT2D eigenvalue weighted by molar-refractivity contribution is 0.354. The number of hydrogen-bond donors (Lipinski definition) is 2. The molecule has 0 saturated carbocycles. The molecule has 0 amide bonds. The normalized spacial score (nSPS) is 11.1. The number of guanidine groups is 1. The van der Waals surface area contributed by atoms with Crippen LogP contribution in [0.3, 0.4) is 0 Å². The molecule has 0 bridgehead atoms. The smallest absolute Gasteiger partial charge is 0.191 e. The van der Waals surface area contributed by atoms with Gasteiger partial charge < -0.3 is 24.8 Å². The van der Waals surface area contributed by atoms with Gasteiger partial charge in [0.1, 0.15) is 5.75 Å². The molecule has 0 radical (unpaired) electrons. The van der Waals surface area contributed by atoms with E-state index in [9.17, 15) is 0 Å². The molecular formula is C22H31N3O3. The van der Waals surface area contributed by atoms with Gasteiger partial charge in [0, 0.05) is 19.6 Å². The topological polar surface area (TPSA) is 64.1 Å². The summed E-state index contributed by atoms with van der Waals surface area (Å²) >= 11 is 0. The van der Waals surface area contributed by atoms with Crippen LogP contribution in [0.25, 0.3) is 0 Å². The highest BCUT2D eigenvalue weighted by atomic mass is 16.5. The Morgan fingerprint density at radius 1 is 0.857 bits per heavy atom. The molecule has 6 nitrogen and oxygen atoms in total. The van der Waals surface area contributed by atoms with Crippen LogP contribution in [0.15, 0.2) is 47.5 Å². The monoisotopic (exact) mass is 385 g/mol. The Kier molecular flexibility index (Phi) is 8.98. The maximum atomic E-state index is 5.40. The van der Waals surface area contributed by atoms with Gasteiger partial charge in [-0.25, -0.2) is 0 Å². The Hall–Kier alpha value is -2.89. The molecule has 0 spiro atoms. The first-order valence-corrected chi connectivity index (χ1v) is 9.56. The fraction of sp³-hybridized carbons (Fsp3) is 0.409. The first kappa shape index (κ1) is 21.4. The van der Waals surface area contributed by atoms with Gasteiger partial charge in [0.15, 0.2) is 17.5 Å². The maximum Gasteiger partial charge on any atom is 0.191 e. The minimum Gasteiger partial charge on any atom is -0.496 e. The highest BCUT2D eigenvalue weighted by Crippen LogP contribution is 2.27. The number of aliphatic imine (C=N–C) groups is 1. The van der Waals surface area contributed by atoms with Gasteiger partial charge in [-0.2, -0.15) is 0 Å². The Morgan fingerprint density at radius 3 is 2.32 bits per heavy atom. The highest BCUT2D eigenvalue weighted by molar-refractivity contribution is 5.79. The molecule has 2 rings (SSSR count). The maximum absolute atomic E-state index is 5.40. The summed E-state index contributed by atoms with van der Waals surface area (Å²) in [7, 11) is 4.99. The molecule has 0 aliphatic heterocycles. The third-order valence-corrected chi connectivity index (χ3v) is 4.34. The average molecular weight is 386 g/mol. The van der Waals surface area contributed by atoms with E-state index in [1.807, 2.05) is 30.3 Å². The summed E-state index contributed by atoms with van der Waals surface area (Å²) in [6.07, 6.45) is 1.69. The largest absolute Gasteiger partial charge is 0.496 e. The minimum atomic E-state index is 0.687. The van der Waals surface area contributed by atoms with Crippen molar-refractivity contribution in [1.29, 1.82) is 0 Å². The standard InChI is InChI=1S/C22H31N3O3/c1-5-23-22(25-15-13-18-8-6-7-9-19(18)26-2)24-14-12-17-10-11-20(27-3)21(16-17)28-4/h6-11,16H,5,12-15H2,1-4H3,(H2,23,24,25). The van der Waals surface area contributed by atoms with E-state index in [1.165, 1.54) is 5.56 Å². The van der Waals surface area contributed by atoms with E-state index in [4.69, 9.17) is 14.2 Å². The first-order chi connectivity index (χ1) is 13.7. The zero-order chi connectivity index (χ0) is 20.2. The predicted molar refractivity (Wildman–Crippen MR) is 114 cm³/mol. The van der Waals surface area contributed by atoms with Crippen molar-refractivity contribution in [2.75, 3.05) is 41.0 Å². The minimum absolute atomic E-state index is 0.687. The van der Waals surface area contributed by atoms with E-state index in [1.54, 1.807) is 21.3 Å². The van der Waals surface area contributed by atoms with Crippen LogP contribution in [0.2, 0.25) is 0 Å². The van der Waals surface area contributed by atoms with Crippen LogP contribution >= 0.6 is 0 Å². The number of hydrogen-bond acceptors (Lipinski definition) is 4. The summed E-state index contributed by atoms with van der Waals surface area (Å²) in [4.78, 5) is 4.67. The second-order valence-corrected chi connectivity index (χ2v) is 6.19. The van der Waals surface area contributed by atoms with Crippen molar-refractivity contribution in [3.05, 3.63) is 53.6 Å². The van der Waals surface area contributed by atoms with Crippen LogP contribution in [0.4, 0.5) is 0 Å². The van der Waals surface area contributed by atoms with Crippen molar-refractivity contribution in [2.45, 2.75) is 19.8 Å². The Morgan fingerprint density at radius 2 is 1.61 bits per heavy atom. The van der Waals surface area contributed by atoms with Gasteiger partial charge in [0.05, 0.1) is 21.3 Å². The number of nitrogens with one attached hydrogen (secondary N) is 2. The van der Waals surface area contributed by atoms with Crippen LogP contribution in [0.5, 0.6) is 17.2 Å². The molecule has 0 fully saturated rings.